The van der Waals surface area contributed by atoms with Crippen molar-refractivity contribution >= 4 is 28.5 Å². The summed E-state index contributed by atoms with van der Waals surface area (Å²) in [6, 6.07) is 9.95. The number of nitrogens with two attached hydrogens (primary N) is 1. The fourth-order valence-corrected chi connectivity index (χ4v) is 3.20. The minimum atomic E-state index is -1.08. The van der Waals surface area contributed by atoms with Crippen LogP contribution in [0.2, 0.25) is 0 Å². The van der Waals surface area contributed by atoms with Gasteiger partial charge in [-0.1, -0.05) is 30.4 Å². The predicted octanol–water partition coefficient (Wildman–Crippen LogP) is 3.42. The Hall–Kier alpha value is -3.94. The first-order valence-electron chi connectivity index (χ1n) is 9.66. The van der Waals surface area contributed by atoms with Gasteiger partial charge < -0.3 is 15.9 Å². The second-order valence-corrected chi connectivity index (χ2v) is 7.65. The zero-order valence-corrected chi connectivity index (χ0v) is 17.3. The molecule has 0 spiro atoms. The number of hydrogen-bond acceptors (Lipinski definition) is 5. The molecule has 2 heterocycles. The summed E-state index contributed by atoms with van der Waals surface area (Å²) in [7, 11) is 0. The summed E-state index contributed by atoms with van der Waals surface area (Å²) >= 11 is 0. The predicted molar refractivity (Wildman–Crippen MR) is 117 cm³/mol. The fourth-order valence-electron chi connectivity index (χ4n) is 3.20. The Bertz CT molecular complexity index is 1180. The second-order valence-electron chi connectivity index (χ2n) is 7.65. The van der Waals surface area contributed by atoms with E-state index in [2.05, 4.69) is 16.1 Å². The monoisotopic (exact) mass is 420 g/mol. The first-order chi connectivity index (χ1) is 14.7. The molecule has 0 saturated heterocycles. The van der Waals surface area contributed by atoms with Gasteiger partial charge in [0, 0.05) is 28.5 Å². The number of hydrogen-bond donors (Lipinski definition) is 3. The molecule has 160 valence electrons. The smallest absolute Gasteiger partial charge is 0.331 e. The van der Waals surface area contributed by atoms with Crippen molar-refractivity contribution in [2.45, 2.75) is 26.8 Å². The maximum atomic E-state index is 10.8. The lowest BCUT2D eigenvalue weighted by atomic mass is 9.80. The van der Waals surface area contributed by atoms with E-state index in [-0.39, 0.29) is 12.0 Å². The van der Waals surface area contributed by atoms with Crippen molar-refractivity contribution in [3.8, 4) is 0 Å². The number of carboxylic acid groups (broad SMARTS) is 2. The van der Waals surface area contributed by atoms with Crippen molar-refractivity contribution in [3.05, 3.63) is 77.8 Å². The summed E-state index contributed by atoms with van der Waals surface area (Å²) in [6.45, 7) is 4.19. The zero-order chi connectivity index (χ0) is 22.6. The van der Waals surface area contributed by atoms with E-state index in [1.807, 2.05) is 48.3 Å². The van der Waals surface area contributed by atoms with Gasteiger partial charge in [0.25, 0.3) is 0 Å². The van der Waals surface area contributed by atoms with Crippen LogP contribution < -0.4 is 5.73 Å². The number of pyridine rings is 1. The molecular formula is C23H24N4O4. The van der Waals surface area contributed by atoms with E-state index >= 15 is 0 Å². The number of fused-ring (bicyclic) bond motifs is 1. The van der Waals surface area contributed by atoms with Gasteiger partial charge >= 0.3 is 11.9 Å². The number of aliphatic carboxylic acids is 2. The highest BCUT2D eigenvalue weighted by atomic mass is 16.4. The number of benzene rings is 1. The molecule has 8 heteroatoms. The topological polar surface area (TPSA) is 131 Å². The average Bonchev–Trinajstić information content (AvgIpc) is 3.14. The largest absolute Gasteiger partial charge is 0.481 e. The number of aryl methyl sites for hydroxylation is 1. The maximum Gasteiger partial charge on any atom is 0.331 e. The molecule has 8 nitrogen and oxygen atoms in total. The van der Waals surface area contributed by atoms with Crippen LogP contribution in [0.5, 0.6) is 0 Å². The molecule has 0 bridgehead atoms. The lowest BCUT2D eigenvalue weighted by Gasteiger charge is -2.23. The van der Waals surface area contributed by atoms with Crippen LogP contribution in [0.3, 0.4) is 0 Å². The quantitative estimate of drug-likeness (QED) is 0.551. The summed E-state index contributed by atoms with van der Waals surface area (Å²) in [5.41, 5.74) is 8.94. The van der Waals surface area contributed by atoms with Gasteiger partial charge in [0.15, 0.2) is 0 Å². The highest BCUT2D eigenvalue weighted by Crippen LogP contribution is 2.31. The fraction of sp³-hybridized carbons (Fsp3) is 0.217. The van der Waals surface area contributed by atoms with Crippen LogP contribution in [0.25, 0.3) is 10.9 Å². The maximum absolute atomic E-state index is 10.8. The molecule has 1 aromatic carbocycles. The molecule has 0 aliphatic heterocycles. The number of carboxylic acids is 2. The molecule has 31 heavy (non-hydrogen) atoms. The molecule has 4 N–H and O–H groups in total. The SMILES string of the molecule is CC1(C(=O)O)C=CC=C(C(=O)O)C1.Cc1ccc(Cn2ncc3c(N)cccc32)cn1. The van der Waals surface area contributed by atoms with Gasteiger partial charge in [-0.05, 0) is 44.0 Å². The van der Waals surface area contributed by atoms with E-state index in [0.717, 1.165) is 27.8 Å². The molecule has 2 aromatic heterocycles. The molecule has 1 aliphatic carbocycles. The van der Waals surface area contributed by atoms with E-state index in [1.165, 1.54) is 25.2 Å². The van der Waals surface area contributed by atoms with Crippen molar-refractivity contribution < 1.29 is 19.8 Å². The van der Waals surface area contributed by atoms with Crippen LogP contribution in [0.4, 0.5) is 5.69 Å². The number of nitrogens with zero attached hydrogens (tertiary/aromatic N) is 3. The van der Waals surface area contributed by atoms with Crippen molar-refractivity contribution in [1.82, 2.24) is 14.8 Å². The van der Waals surface area contributed by atoms with Gasteiger partial charge in [-0.25, -0.2) is 4.79 Å². The van der Waals surface area contributed by atoms with Gasteiger partial charge in [0.2, 0.25) is 0 Å². The minimum Gasteiger partial charge on any atom is -0.481 e. The Morgan fingerprint density at radius 3 is 2.61 bits per heavy atom. The Morgan fingerprint density at radius 1 is 1.19 bits per heavy atom. The lowest BCUT2D eigenvalue weighted by molar-refractivity contribution is -0.145. The molecule has 0 amide bonds. The average molecular weight is 420 g/mol. The third-order valence-electron chi connectivity index (χ3n) is 5.11. The van der Waals surface area contributed by atoms with Crippen LogP contribution in [0.1, 0.15) is 24.6 Å². The normalized spacial score (nSPS) is 17.5. The molecule has 0 fully saturated rings. The summed E-state index contributed by atoms with van der Waals surface area (Å²) in [5.74, 6) is -2.06. The summed E-state index contributed by atoms with van der Waals surface area (Å²) in [6.07, 6.45) is 8.13. The Kier molecular flexibility index (Phi) is 6.20. The second kappa shape index (κ2) is 8.83. The summed E-state index contributed by atoms with van der Waals surface area (Å²) in [4.78, 5) is 25.6. The highest BCUT2D eigenvalue weighted by molar-refractivity contribution is 5.90. The van der Waals surface area contributed by atoms with Crippen LogP contribution in [-0.2, 0) is 16.1 Å². The molecule has 3 aromatic rings. The van der Waals surface area contributed by atoms with Gasteiger partial charge in [-0.2, -0.15) is 5.10 Å². The van der Waals surface area contributed by atoms with Crippen LogP contribution in [0, 0.1) is 12.3 Å². The lowest BCUT2D eigenvalue weighted by Crippen LogP contribution is -2.28. The highest BCUT2D eigenvalue weighted by Gasteiger charge is 2.34. The standard InChI is InChI=1S/C14H14N4.C9H10O4/c1-10-5-6-11(7-16-10)9-18-14-4-2-3-13(15)12(14)8-17-18;1-9(8(12)13)4-2-3-6(5-9)7(10)11/h2-8H,9,15H2,1H3;2-4H,5H2,1H3,(H,10,11)(H,12,13). The Morgan fingerprint density at radius 2 is 1.97 bits per heavy atom. The van der Waals surface area contributed by atoms with Gasteiger partial charge in [-0.15, -0.1) is 0 Å². The molecule has 1 aliphatic rings. The molecule has 0 saturated carbocycles. The van der Waals surface area contributed by atoms with Gasteiger partial charge in [0.1, 0.15) is 0 Å². The third-order valence-corrected chi connectivity index (χ3v) is 5.11. The van der Waals surface area contributed by atoms with E-state index in [4.69, 9.17) is 15.9 Å². The first kappa shape index (κ1) is 21.8. The molecule has 1 atom stereocenters. The Labute approximate surface area is 179 Å². The zero-order valence-electron chi connectivity index (χ0n) is 17.3. The summed E-state index contributed by atoms with van der Waals surface area (Å²) in [5, 5.41) is 22.9. The molecule has 1 unspecified atom stereocenters. The Balaban J connectivity index is 0.000000187. The minimum absolute atomic E-state index is 0.0359. The number of carbonyl (C=O) groups is 2. The number of rotatable bonds is 4. The van der Waals surface area contributed by atoms with Crippen LogP contribution in [-0.4, -0.2) is 36.9 Å². The summed E-state index contributed by atoms with van der Waals surface area (Å²) < 4.78 is 1.94. The van der Waals surface area contributed by atoms with E-state index in [0.29, 0.717) is 6.54 Å². The molecule has 0 radical (unpaired) electrons. The van der Waals surface area contributed by atoms with E-state index in [1.54, 1.807) is 0 Å². The van der Waals surface area contributed by atoms with E-state index in [9.17, 15) is 9.59 Å². The molecular weight excluding hydrogens is 396 g/mol. The van der Waals surface area contributed by atoms with Crippen molar-refractivity contribution in [2.24, 2.45) is 5.41 Å². The van der Waals surface area contributed by atoms with Crippen LogP contribution in [0.15, 0.2) is 66.5 Å². The van der Waals surface area contributed by atoms with Crippen molar-refractivity contribution in [2.75, 3.05) is 5.73 Å². The van der Waals surface area contributed by atoms with Crippen molar-refractivity contribution in [3.63, 3.8) is 0 Å². The number of aromatic nitrogens is 3. The number of allylic oxidation sites excluding steroid dienone is 2. The number of anilines is 1. The van der Waals surface area contributed by atoms with E-state index < -0.39 is 17.4 Å². The first-order valence-corrected chi connectivity index (χ1v) is 9.66. The van der Waals surface area contributed by atoms with Gasteiger partial charge in [0.05, 0.1) is 23.7 Å². The third kappa shape index (κ3) is 4.98. The number of nitrogen functional groups attached to an aromatic ring is 1. The molecule has 4 rings (SSSR count). The van der Waals surface area contributed by atoms with Gasteiger partial charge in [-0.3, -0.25) is 14.5 Å². The van der Waals surface area contributed by atoms with Crippen LogP contribution >= 0.6 is 0 Å². The van der Waals surface area contributed by atoms with Crippen molar-refractivity contribution in [1.29, 1.82) is 0 Å².